The molecule has 1 amide bonds. The van der Waals surface area contributed by atoms with E-state index in [0.717, 1.165) is 36.6 Å². The number of carbonyl (C=O) groups excluding carboxylic acids is 1. The summed E-state index contributed by atoms with van der Waals surface area (Å²) in [6.45, 7) is 3.73. The van der Waals surface area contributed by atoms with E-state index in [0.29, 0.717) is 40.1 Å². The minimum absolute atomic E-state index is 0.134. The number of para-hydroxylation sites is 1. The molecule has 0 aromatic heterocycles. The van der Waals surface area contributed by atoms with Crippen molar-refractivity contribution in [1.29, 1.82) is 0 Å². The van der Waals surface area contributed by atoms with Crippen molar-refractivity contribution in [2.75, 3.05) is 11.0 Å². The molecule has 7 nitrogen and oxygen atoms in total. The second-order valence-electron chi connectivity index (χ2n) is 9.60. The number of fused-ring (bicyclic) bond motifs is 1. The third-order valence-electron chi connectivity index (χ3n) is 6.27. The van der Waals surface area contributed by atoms with Gasteiger partial charge in [0, 0.05) is 23.4 Å². The molecular formula is C25H30Cl2N2O5S. The van der Waals surface area contributed by atoms with Crippen molar-refractivity contribution < 1.29 is 22.7 Å². The van der Waals surface area contributed by atoms with Crippen molar-refractivity contribution in [2.45, 2.75) is 70.1 Å². The molecule has 2 aliphatic rings. The minimum atomic E-state index is -3.49. The quantitative estimate of drug-likeness (QED) is 0.451. The molecule has 1 saturated carbocycles. The lowest BCUT2D eigenvalue weighted by Gasteiger charge is -2.48. The number of carbonyl (C=O) groups is 1. The average Bonchev–Trinajstić information content (AvgIpc) is 2.72. The summed E-state index contributed by atoms with van der Waals surface area (Å²) in [6.07, 6.45) is 5.09. The molecule has 35 heavy (non-hydrogen) atoms. The van der Waals surface area contributed by atoms with Crippen LogP contribution in [0.15, 0.2) is 30.3 Å². The molecule has 1 aliphatic carbocycles. The maximum atomic E-state index is 13.1. The number of sulfonamides is 1. The topological polar surface area (TPSA) is 93.7 Å². The van der Waals surface area contributed by atoms with Crippen LogP contribution in [-0.4, -0.2) is 32.3 Å². The van der Waals surface area contributed by atoms with Crippen LogP contribution >= 0.6 is 23.2 Å². The van der Waals surface area contributed by atoms with Crippen LogP contribution < -0.4 is 19.5 Å². The lowest BCUT2D eigenvalue weighted by Crippen LogP contribution is -2.49. The SMILES string of the molecule is CC(C)Oc1c(CCC(=O)NC2CC3(CCC3)Oc3c(Cl)cc(Cl)cc32)cccc1NS(C)(=O)=O. The molecular weight excluding hydrogens is 511 g/mol. The monoisotopic (exact) mass is 540 g/mol. The summed E-state index contributed by atoms with van der Waals surface area (Å²) >= 11 is 12.7. The predicted octanol–water partition coefficient (Wildman–Crippen LogP) is 5.65. The van der Waals surface area contributed by atoms with Crippen LogP contribution in [0.1, 0.15) is 63.1 Å². The van der Waals surface area contributed by atoms with Gasteiger partial charge in [-0.1, -0.05) is 35.3 Å². The Hall–Kier alpha value is -2.16. The standard InChI is InChI=1S/C25H30Cl2N2O5S/c1-15(2)33-23-16(6-4-7-20(23)29-35(3,31)32)8-9-22(30)28-21-14-25(10-5-11-25)34-24-18(21)12-17(26)13-19(24)27/h4,6-7,12-13,15,21,29H,5,8-11,14H2,1-3H3,(H,28,30). The Bertz CT molecular complexity index is 1230. The van der Waals surface area contributed by atoms with E-state index in [1.165, 1.54) is 0 Å². The third kappa shape index (κ3) is 6.16. The fraction of sp³-hybridized carbons (Fsp3) is 0.480. The molecule has 1 aliphatic heterocycles. The number of benzene rings is 2. The first kappa shape index (κ1) is 25.9. The summed E-state index contributed by atoms with van der Waals surface area (Å²) in [5, 5.41) is 4.09. The van der Waals surface area contributed by atoms with E-state index in [-0.39, 0.29) is 30.1 Å². The molecule has 2 N–H and O–H groups in total. The van der Waals surface area contributed by atoms with Crippen LogP contribution in [0.25, 0.3) is 0 Å². The van der Waals surface area contributed by atoms with Crippen molar-refractivity contribution >= 4 is 44.8 Å². The molecule has 0 radical (unpaired) electrons. The number of amides is 1. The number of rotatable bonds is 8. The maximum Gasteiger partial charge on any atom is 0.229 e. The molecule has 1 unspecified atom stereocenters. The van der Waals surface area contributed by atoms with Gasteiger partial charge < -0.3 is 14.8 Å². The summed E-state index contributed by atoms with van der Waals surface area (Å²) < 4.78 is 38.3. The van der Waals surface area contributed by atoms with Crippen LogP contribution in [0.4, 0.5) is 5.69 Å². The fourth-order valence-corrected chi connectivity index (χ4v) is 5.75. The maximum absolute atomic E-state index is 13.1. The van der Waals surface area contributed by atoms with Gasteiger partial charge in [-0.15, -0.1) is 0 Å². The van der Waals surface area contributed by atoms with E-state index in [2.05, 4.69) is 10.0 Å². The summed E-state index contributed by atoms with van der Waals surface area (Å²) in [7, 11) is -3.49. The second-order valence-corrected chi connectivity index (χ2v) is 12.2. The van der Waals surface area contributed by atoms with Crippen molar-refractivity contribution in [2.24, 2.45) is 0 Å². The van der Waals surface area contributed by atoms with E-state index < -0.39 is 10.0 Å². The molecule has 2 aromatic carbocycles. The highest BCUT2D eigenvalue weighted by Crippen LogP contribution is 2.51. The molecule has 0 saturated heterocycles. The molecule has 1 spiro atoms. The zero-order valence-corrected chi connectivity index (χ0v) is 22.3. The van der Waals surface area contributed by atoms with Crippen LogP contribution in [0.5, 0.6) is 11.5 Å². The minimum Gasteiger partial charge on any atom is -0.489 e. The summed E-state index contributed by atoms with van der Waals surface area (Å²) in [5.74, 6) is 0.897. The predicted molar refractivity (Wildman–Crippen MR) is 138 cm³/mol. The van der Waals surface area contributed by atoms with Crippen molar-refractivity contribution in [1.82, 2.24) is 5.32 Å². The average molecular weight is 541 g/mol. The van der Waals surface area contributed by atoms with Gasteiger partial charge in [0.2, 0.25) is 15.9 Å². The molecule has 190 valence electrons. The first-order chi connectivity index (χ1) is 16.4. The number of anilines is 1. The Kier molecular flexibility index (Phi) is 7.46. The van der Waals surface area contributed by atoms with E-state index in [4.69, 9.17) is 32.7 Å². The smallest absolute Gasteiger partial charge is 0.229 e. The Morgan fingerprint density at radius 1 is 1.26 bits per heavy atom. The van der Waals surface area contributed by atoms with E-state index in [9.17, 15) is 13.2 Å². The fourth-order valence-electron chi connectivity index (χ4n) is 4.64. The highest BCUT2D eigenvalue weighted by Gasteiger charge is 2.46. The molecule has 1 heterocycles. The number of hydrogen-bond donors (Lipinski definition) is 2. The number of nitrogens with one attached hydrogen (secondary N) is 2. The largest absolute Gasteiger partial charge is 0.489 e. The number of aryl methyl sites for hydroxylation is 1. The van der Waals surface area contributed by atoms with Gasteiger partial charge in [0.25, 0.3) is 0 Å². The van der Waals surface area contributed by atoms with Crippen molar-refractivity contribution in [3.63, 3.8) is 0 Å². The highest BCUT2D eigenvalue weighted by atomic mass is 35.5. The lowest BCUT2D eigenvalue weighted by molar-refractivity contribution is -0.123. The zero-order valence-electron chi connectivity index (χ0n) is 20.0. The number of ether oxygens (including phenoxy) is 2. The summed E-state index contributed by atoms with van der Waals surface area (Å²) in [4.78, 5) is 13.1. The number of hydrogen-bond acceptors (Lipinski definition) is 5. The van der Waals surface area contributed by atoms with Crippen LogP contribution in [-0.2, 0) is 21.2 Å². The van der Waals surface area contributed by atoms with Gasteiger partial charge in [-0.05, 0) is 63.3 Å². The molecule has 1 atom stereocenters. The second kappa shape index (κ2) is 10.1. The van der Waals surface area contributed by atoms with Crippen LogP contribution in [0.3, 0.4) is 0 Å². The zero-order chi connectivity index (χ0) is 25.4. The summed E-state index contributed by atoms with van der Waals surface area (Å²) in [6, 6.07) is 8.43. The Morgan fingerprint density at radius 3 is 2.63 bits per heavy atom. The summed E-state index contributed by atoms with van der Waals surface area (Å²) in [5.41, 5.74) is 1.59. The van der Waals surface area contributed by atoms with Crippen molar-refractivity contribution in [3.8, 4) is 11.5 Å². The van der Waals surface area contributed by atoms with E-state index >= 15 is 0 Å². The van der Waals surface area contributed by atoms with E-state index in [1.807, 2.05) is 19.9 Å². The van der Waals surface area contributed by atoms with Gasteiger partial charge in [0.15, 0.2) is 0 Å². The normalized spacial score (nSPS) is 18.4. The molecule has 1 fully saturated rings. The number of halogens is 2. The van der Waals surface area contributed by atoms with Gasteiger partial charge in [0.1, 0.15) is 17.1 Å². The Balaban J connectivity index is 1.51. The first-order valence-electron chi connectivity index (χ1n) is 11.7. The van der Waals surface area contributed by atoms with Crippen LogP contribution in [0.2, 0.25) is 10.0 Å². The van der Waals surface area contributed by atoms with Gasteiger partial charge in [-0.3, -0.25) is 9.52 Å². The third-order valence-corrected chi connectivity index (χ3v) is 7.36. The molecule has 2 aromatic rings. The lowest BCUT2D eigenvalue weighted by atomic mass is 9.73. The Labute approximate surface area is 216 Å². The van der Waals surface area contributed by atoms with Crippen LogP contribution in [0, 0.1) is 0 Å². The molecule has 4 rings (SSSR count). The van der Waals surface area contributed by atoms with Crippen molar-refractivity contribution in [3.05, 3.63) is 51.5 Å². The Morgan fingerprint density at radius 2 is 2.00 bits per heavy atom. The van der Waals surface area contributed by atoms with Gasteiger partial charge in [0.05, 0.1) is 29.1 Å². The highest BCUT2D eigenvalue weighted by molar-refractivity contribution is 7.92. The molecule has 10 heteroatoms. The van der Waals surface area contributed by atoms with Gasteiger partial charge in [-0.25, -0.2) is 8.42 Å². The first-order valence-corrected chi connectivity index (χ1v) is 14.3. The molecule has 0 bridgehead atoms. The van der Waals surface area contributed by atoms with Gasteiger partial charge in [-0.2, -0.15) is 0 Å². The van der Waals surface area contributed by atoms with Gasteiger partial charge >= 0.3 is 0 Å². The van der Waals surface area contributed by atoms with E-state index in [1.54, 1.807) is 24.3 Å².